The molecule has 0 unspecified atom stereocenters. The molecule has 1 aromatic carbocycles. The van der Waals surface area contributed by atoms with E-state index in [4.69, 9.17) is 0 Å². The number of hydrogen-bond acceptors (Lipinski definition) is 4. The van der Waals surface area contributed by atoms with Crippen molar-refractivity contribution < 1.29 is 9.59 Å². The van der Waals surface area contributed by atoms with Crippen molar-refractivity contribution in [1.29, 1.82) is 0 Å². The van der Waals surface area contributed by atoms with Gasteiger partial charge in [0.15, 0.2) is 0 Å². The number of likely N-dealkylation sites (N-methyl/N-ethyl adjacent to an activating group) is 1. The first-order valence-corrected chi connectivity index (χ1v) is 9.84. The third-order valence-electron chi connectivity index (χ3n) is 4.70. The van der Waals surface area contributed by atoms with Crippen molar-refractivity contribution in [3.05, 3.63) is 28.8 Å². The minimum Gasteiger partial charge on any atom is -0.341 e. The number of carbonyl (C=O) groups excluding carboxylic acids is 2. The van der Waals surface area contributed by atoms with Crippen LogP contribution in [0.2, 0.25) is 0 Å². The van der Waals surface area contributed by atoms with Crippen LogP contribution in [0.25, 0.3) is 10.2 Å². The summed E-state index contributed by atoms with van der Waals surface area (Å²) in [5.41, 5.74) is 1.55. The number of thiazole rings is 1. The second-order valence-electron chi connectivity index (χ2n) is 6.53. The monoisotopic (exact) mass is 359 g/mol. The molecule has 1 saturated heterocycles. The molecule has 25 heavy (non-hydrogen) atoms. The number of amides is 2. The van der Waals surface area contributed by atoms with Crippen LogP contribution in [0.4, 0.5) is 0 Å². The maximum absolute atomic E-state index is 12.9. The predicted molar refractivity (Wildman–Crippen MR) is 101 cm³/mol. The topological polar surface area (TPSA) is 53.5 Å². The van der Waals surface area contributed by atoms with Crippen LogP contribution < -0.4 is 0 Å². The van der Waals surface area contributed by atoms with Crippen LogP contribution in [0, 0.1) is 6.92 Å². The van der Waals surface area contributed by atoms with Crippen molar-refractivity contribution in [1.82, 2.24) is 14.8 Å². The number of aryl methyl sites for hydroxylation is 1. The summed E-state index contributed by atoms with van der Waals surface area (Å²) < 4.78 is 1.01. The maximum Gasteiger partial charge on any atom is 0.254 e. The Morgan fingerprint density at radius 3 is 2.60 bits per heavy atom. The number of hydrogen-bond donors (Lipinski definition) is 0. The Labute approximate surface area is 152 Å². The van der Waals surface area contributed by atoms with Gasteiger partial charge in [0.1, 0.15) is 6.54 Å². The molecule has 3 rings (SSSR count). The molecule has 0 atom stereocenters. The molecule has 5 nitrogen and oxygen atoms in total. The van der Waals surface area contributed by atoms with Crippen LogP contribution in [0.5, 0.6) is 0 Å². The first-order valence-electron chi connectivity index (χ1n) is 9.02. The van der Waals surface area contributed by atoms with E-state index in [-0.39, 0.29) is 18.4 Å². The van der Waals surface area contributed by atoms with E-state index in [1.807, 2.05) is 36.9 Å². The van der Waals surface area contributed by atoms with Crippen molar-refractivity contribution in [2.45, 2.75) is 39.5 Å². The molecule has 2 amide bonds. The molecule has 0 radical (unpaired) electrons. The van der Waals surface area contributed by atoms with Crippen molar-refractivity contribution >= 4 is 33.4 Å². The van der Waals surface area contributed by atoms with E-state index < -0.39 is 0 Å². The van der Waals surface area contributed by atoms with Gasteiger partial charge in [0.05, 0.1) is 15.2 Å². The largest absolute Gasteiger partial charge is 0.341 e. The zero-order chi connectivity index (χ0) is 17.8. The summed E-state index contributed by atoms with van der Waals surface area (Å²) in [5, 5.41) is 0.989. The van der Waals surface area contributed by atoms with E-state index >= 15 is 0 Å². The third kappa shape index (κ3) is 4.18. The molecule has 1 aliphatic rings. The lowest BCUT2D eigenvalue weighted by Crippen LogP contribution is -2.43. The summed E-state index contributed by atoms with van der Waals surface area (Å²) in [7, 11) is 0. The fourth-order valence-electron chi connectivity index (χ4n) is 3.27. The summed E-state index contributed by atoms with van der Waals surface area (Å²) in [6.07, 6.45) is 4.50. The number of benzene rings is 1. The SMILES string of the molecule is CCN(CC(=O)N1CCCCCC1)C(=O)c1ccc2nc(C)sc2c1. The zero-order valence-electron chi connectivity index (χ0n) is 15.0. The van der Waals surface area contributed by atoms with E-state index in [0.717, 1.165) is 41.2 Å². The Bertz CT molecular complexity index is 763. The fraction of sp³-hybridized carbons (Fsp3) is 0.526. The first kappa shape index (κ1) is 17.9. The number of aromatic nitrogens is 1. The highest BCUT2D eigenvalue weighted by molar-refractivity contribution is 7.18. The summed E-state index contributed by atoms with van der Waals surface area (Å²) in [6.45, 7) is 6.20. The number of carbonyl (C=O) groups is 2. The molecule has 134 valence electrons. The second-order valence-corrected chi connectivity index (χ2v) is 7.76. The van der Waals surface area contributed by atoms with Gasteiger partial charge in [-0.3, -0.25) is 9.59 Å². The van der Waals surface area contributed by atoms with Crippen molar-refractivity contribution in [2.75, 3.05) is 26.2 Å². The Morgan fingerprint density at radius 1 is 1.20 bits per heavy atom. The zero-order valence-corrected chi connectivity index (χ0v) is 15.8. The predicted octanol–water partition coefficient (Wildman–Crippen LogP) is 3.47. The molecule has 0 N–H and O–H groups in total. The molecule has 2 heterocycles. The standard InChI is InChI=1S/C19H25N3O2S/c1-3-21(13-18(23)22-10-6-4-5-7-11-22)19(24)15-8-9-16-17(12-15)25-14(2)20-16/h8-9,12H,3-7,10-11,13H2,1-2H3. The van der Waals surface area contributed by atoms with Gasteiger partial charge in [-0.25, -0.2) is 4.98 Å². The number of rotatable bonds is 4. The number of nitrogens with zero attached hydrogens (tertiary/aromatic N) is 3. The lowest BCUT2D eigenvalue weighted by molar-refractivity contribution is -0.131. The van der Waals surface area contributed by atoms with E-state index in [1.54, 1.807) is 16.2 Å². The highest BCUT2D eigenvalue weighted by Gasteiger charge is 2.22. The molecule has 6 heteroatoms. The van der Waals surface area contributed by atoms with Crippen molar-refractivity contribution in [2.24, 2.45) is 0 Å². The van der Waals surface area contributed by atoms with E-state index in [1.165, 1.54) is 12.8 Å². The van der Waals surface area contributed by atoms with Crippen LogP contribution in [-0.4, -0.2) is 52.8 Å². The van der Waals surface area contributed by atoms with Crippen molar-refractivity contribution in [3.8, 4) is 0 Å². The highest BCUT2D eigenvalue weighted by Crippen LogP contribution is 2.23. The average molecular weight is 359 g/mol. The van der Waals surface area contributed by atoms with E-state index in [2.05, 4.69) is 4.98 Å². The van der Waals surface area contributed by atoms with Gasteiger partial charge in [0.25, 0.3) is 5.91 Å². The van der Waals surface area contributed by atoms with Gasteiger partial charge in [-0.05, 0) is 44.9 Å². The Kier molecular flexibility index (Phi) is 5.68. The molecule has 0 saturated carbocycles. The van der Waals surface area contributed by atoms with Gasteiger partial charge in [-0.15, -0.1) is 11.3 Å². The first-order chi connectivity index (χ1) is 12.1. The molecule has 1 aromatic heterocycles. The fourth-order valence-corrected chi connectivity index (χ4v) is 4.13. The van der Waals surface area contributed by atoms with Crippen LogP contribution in [-0.2, 0) is 4.79 Å². The number of likely N-dealkylation sites (tertiary alicyclic amines) is 1. The van der Waals surface area contributed by atoms with E-state index in [0.29, 0.717) is 12.1 Å². The Balaban J connectivity index is 1.72. The summed E-state index contributed by atoms with van der Waals surface area (Å²) in [5.74, 6) is -0.0227. The molecule has 0 bridgehead atoms. The molecular formula is C19H25N3O2S. The Morgan fingerprint density at radius 2 is 1.92 bits per heavy atom. The minimum absolute atomic E-state index is 0.0619. The number of fused-ring (bicyclic) bond motifs is 1. The van der Waals surface area contributed by atoms with Crippen LogP contribution >= 0.6 is 11.3 Å². The lowest BCUT2D eigenvalue weighted by Gasteiger charge is -2.26. The Hall–Kier alpha value is -1.95. The quantitative estimate of drug-likeness (QED) is 0.840. The van der Waals surface area contributed by atoms with Gasteiger partial charge < -0.3 is 9.80 Å². The van der Waals surface area contributed by atoms with Gasteiger partial charge in [-0.2, -0.15) is 0 Å². The van der Waals surface area contributed by atoms with Crippen LogP contribution in [0.15, 0.2) is 18.2 Å². The summed E-state index contributed by atoms with van der Waals surface area (Å²) >= 11 is 1.58. The lowest BCUT2D eigenvalue weighted by atomic mass is 10.2. The average Bonchev–Trinajstić information content (AvgIpc) is 2.81. The van der Waals surface area contributed by atoms with Crippen LogP contribution in [0.3, 0.4) is 0 Å². The molecule has 2 aromatic rings. The van der Waals surface area contributed by atoms with Gasteiger partial charge >= 0.3 is 0 Å². The molecule has 0 aliphatic carbocycles. The minimum atomic E-state index is -0.0846. The maximum atomic E-state index is 12.9. The molecule has 0 spiro atoms. The molecule has 1 aliphatic heterocycles. The van der Waals surface area contributed by atoms with Crippen molar-refractivity contribution in [3.63, 3.8) is 0 Å². The molecule has 1 fully saturated rings. The summed E-state index contributed by atoms with van der Waals surface area (Å²) in [4.78, 5) is 33.4. The van der Waals surface area contributed by atoms with Gasteiger partial charge in [-0.1, -0.05) is 12.8 Å². The van der Waals surface area contributed by atoms with Gasteiger partial charge in [0.2, 0.25) is 5.91 Å². The smallest absolute Gasteiger partial charge is 0.254 e. The second kappa shape index (κ2) is 7.95. The summed E-state index contributed by atoms with van der Waals surface area (Å²) in [6, 6.07) is 5.58. The van der Waals surface area contributed by atoms with E-state index in [9.17, 15) is 9.59 Å². The normalized spacial score (nSPS) is 15.2. The van der Waals surface area contributed by atoms with Crippen LogP contribution in [0.1, 0.15) is 48.0 Å². The van der Waals surface area contributed by atoms with Gasteiger partial charge in [0, 0.05) is 25.2 Å². The molecular weight excluding hydrogens is 334 g/mol. The highest BCUT2D eigenvalue weighted by atomic mass is 32.1. The third-order valence-corrected chi connectivity index (χ3v) is 5.63.